The van der Waals surface area contributed by atoms with Crippen molar-refractivity contribution in [1.82, 2.24) is 19.5 Å². The minimum Gasteiger partial charge on any atom is -0.308 e. The summed E-state index contributed by atoms with van der Waals surface area (Å²) in [5.41, 5.74) is 6.21. The van der Waals surface area contributed by atoms with E-state index in [4.69, 9.17) is 15.0 Å². The zero-order chi connectivity index (χ0) is 41.9. The second-order valence-corrected chi connectivity index (χ2v) is 17.7. The van der Waals surface area contributed by atoms with Gasteiger partial charge >= 0.3 is 0 Å². The Morgan fingerprint density at radius 1 is 0.312 bits per heavy atom. The topological polar surface area (TPSA) is 43.6 Å². The molecular weight excluding hydrogens is 797 g/mol. The molecule has 64 heavy (non-hydrogen) atoms. The van der Waals surface area contributed by atoms with Crippen molar-refractivity contribution < 1.29 is 0 Å². The smallest absolute Gasteiger partial charge is 0.167 e. The van der Waals surface area contributed by atoms with Crippen LogP contribution in [0.25, 0.3) is 136 Å². The fourth-order valence-electron chi connectivity index (χ4n) is 10.3. The molecule has 0 N–H and O–H groups in total. The summed E-state index contributed by atoms with van der Waals surface area (Å²) in [5, 5.41) is 16.4. The summed E-state index contributed by atoms with van der Waals surface area (Å²) < 4.78 is 4.80. The van der Waals surface area contributed by atoms with Crippen molar-refractivity contribution in [1.29, 1.82) is 0 Å². The Kier molecular flexibility index (Phi) is 7.53. The van der Waals surface area contributed by atoms with Crippen molar-refractivity contribution in [2.45, 2.75) is 0 Å². The maximum atomic E-state index is 5.67. The van der Waals surface area contributed by atoms with E-state index in [9.17, 15) is 0 Å². The van der Waals surface area contributed by atoms with Crippen molar-refractivity contribution in [2.75, 3.05) is 0 Å². The Balaban J connectivity index is 1.16. The molecule has 0 saturated carbocycles. The SMILES string of the molecule is c1ccc2cc3c(cc2c1)c1ccccc1n3-c1ccc2c(sc3ccccc32)c1-c1nc(-c2cc3ccccc3c3ccccc23)nc(-c2cc3ccccc3c3ccccc23)n1. The fraction of sp³-hybridized carbons (Fsp3) is 0. The summed E-state index contributed by atoms with van der Waals surface area (Å²) in [6.07, 6.45) is 0. The summed E-state index contributed by atoms with van der Waals surface area (Å²) in [4.78, 5) is 16.9. The quantitative estimate of drug-likeness (QED) is 0.166. The van der Waals surface area contributed by atoms with Crippen LogP contribution in [0.3, 0.4) is 0 Å². The highest BCUT2D eigenvalue weighted by atomic mass is 32.1. The molecule has 0 fully saturated rings. The molecule has 0 spiro atoms. The summed E-state index contributed by atoms with van der Waals surface area (Å²) in [7, 11) is 0. The minimum absolute atomic E-state index is 0.633. The van der Waals surface area contributed by atoms with Crippen molar-refractivity contribution >= 4 is 107 Å². The van der Waals surface area contributed by atoms with Gasteiger partial charge in [0.05, 0.1) is 22.3 Å². The Morgan fingerprint density at radius 3 is 1.44 bits per heavy atom. The first-order valence-corrected chi connectivity index (χ1v) is 22.5. The maximum absolute atomic E-state index is 5.67. The highest BCUT2D eigenvalue weighted by molar-refractivity contribution is 7.26. The Bertz CT molecular complexity index is 4140. The number of rotatable bonds is 4. The molecule has 0 aliphatic rings. The lowest BCUT2D eigenvalue weighted by Gasteiger charge is -2.17. The number of hydrogen-bond acceptors (Lipinski definition) is 4. The third-order valence-corrected chi connectivity index (χ3v) is 14.4. The van der Waals surface area contributed by atoms with Crippen LogP contribution in [0.2, 0.25) is 0 Å². The Hall–Kier alpha value is -8.25. The van der Waals surface area contributed by atoms with Crippen LogP contribution in [-0.2, 0) is 0 Å². The van der Waals surface area contributed by atoms with Crippen LogP contribution in [0, 0.1) is 0 Å². The normalized spacial score (nSPS) is 12.1. The molecule has 5 heteroatoms. The Morgan fingerprint density at radius 2 is 0.797 bits per heavy atom. The third kappa shape index (κ3) is 5.19. The molecule has 0 saturated heterocycles. The number of benzene rings is 11. The zero-order valence-corrected chi connectivity index (χ0v) is 35.1. The average Bonchev–Trinajstić information content (AvgIpc) is 3.90. The predicted octanol–water partition coefficient (Wildman–Crippen LogP) is 16.1. The van der Waals surface area contributed by atoms with Crippen LogP contribution in [0.15, 0.2) is 206 Å². The van der Waals surface area contributed by atoms with Gasteiger partial charge in [0.2, 0.25) is 0 Å². The lowest BCUT2D eigenvalue weighted by Crippen LogP contribution is -2.04. The maximum Gasteiger partial charge on any atom is 0.167 e. The van der Waals surface area contributed by atoms with Crippen molar-refractivity contribution in [3.63, 3.8) is 0 Å². The molecule has 11 aromatic carbocycles. The summed E-state index contributed by atoms with van der Waals surface area (Å²) in [6, 6.07) is 74.5. The molecule has 0 atom stereocenters. The molecule has 0 aliphatic heterocycles. The van der Waals surface area contributed by atoms with Gasteiger partial charge in [0.25, 0.3) is 0 Å². The highest BCUT2D eigenvalue weighted by Crippen LogP contribution is 2.46. The van der Waals surface area contributed by atoms with Crippen molar-refractivity contribution in [3.05, 3.63) is 206 Å². The Labute approximate surface area is 371 Å². The van der Waals surface area contributed by atoms with Gasteiger partial charge in [-0.15, -0.1) is 11.3 Å². The first kappa shape index (κ1) is 35.4. The van der Waals surface area contributed by atoms with Crippen LogP contribution in [-0.4, -0.2) is 19.5 Å². The minimum atomic E-state index is 0.633. The van der Waals surface area contributed by atoms with Crippen LogP contribution < -0.4 is 0 Å². The number of aromatic nitrogens is 4. The van der Waals surface area contributed by atoms with E-state index >= 15 is 0 Å². The van der Waals surface area contributed by atoms with E-state index in [2.05, 4.69) is 211 Å². The average molecular weight is 831 g/mol. The molecule has 0 bridgehead atoms. The molecule has 0 unspecified atom stereocenters. The molecule has 296 valence electrons. The van der Waals surface area contributed by atoms with Crippen molar-refractivity contribution in [2.24, 2.45) is 0 Å². The first-order valence-electron chi connectivity index (χ1n) is 21.7. The summed E-state index contributed by atoms with van der Waals surface area (Å²) in [5.74, 6) is 1.90. The van der Waals surface area contributed by atoms with Gasteiger partial charge in [0.1, 0.15) is 0 Å². The van der Waals surface area contributed by atoms with E-state index in [1.165, 1.54) is 58.6 Å². The number of para-hydroxylation sites is 1. The van der Waals surface area contributed by atoms with E-state index < -0.39 is 0 Å². The van der Waals surface area contributed by atoms with Gasteiger partial charge in [-0.1, -0.05) is 164 Å². The standard InChI is InChI=1S/C59H34N4S/c1-2-16-36-34-53-48(31-35(36)15-1)45-25-11-13-27-51(45)63(53)52-30-29-47-46-26-12-14-28-54(46)64-56(47)55(52)59-61-57(49-32-37-17-3-5-19-39(37)41-21-7-9-23-43(41)49)60-58(62-59)50-33-38-18-4-6-20-40(38)42-22-8-10-24-44(42)50/h1-34H. The number of thiophene rings is 1. The molecule has 3 aromatic heterocycles. The van der Waals surface area contributed by atoms with Crippen molar-refractivity contribution in [3.8, 4) is 39.9 Å². The van der Waals surface area contributed by atoms with Crippen LogP contribution in [0.4, 0.5) is 0 Å². The lowest BCUT2D eigenvalue weighted by atomic mass is 9.96. The number of hydrogen-bond donors (Lipinski definition) is 0. The molecule has 14 rings (SSSR count). The fourth-order valence-corrected chi connectivity index (χ4v) is 11.5. The van der Waals surface area contributed by atoms with E-state index in [1.54, 1.807) is 11.3 Å². The van der Waals surface area contributed by atoms with Crippen LogP contribution >= 0.6 is 11.3 Å². The van der Waals surface area contributed by atoms with Gasteiger partial charge in [0.15, 0.2) is 17.5 Å². The van der Waals surface area contributed by atoms with E-state index in [0.717, 1.165) is 59.7 Å². The molecule has 3 heterocycles. The van der Waals surface area contributed by atoms with Gasteiger partial charge < -0.3 is 4.57 Å². The second-order valence-electron chi connectivity index (χ2n) is 16.7. The summed E-state index contributed by atoms with van der Waals surface area (Å²) >= 11 is 1.81. The van der Waals surface area contributed by atoms with Gasteiger partial charge in [-0.05, 0) is 96.3 Å². The number of fused-ring (bicyclic) bond motifs is 13. The van der Waals surface area contributed by atoms with E-state index in [0.29, 0.717) is 17.5 Å². The monoisotopic (exact) mass is 830 g/mol. The van der Waals surface area contributed by atoms with Gasteiger partial charge in [-0.2, -0.15) is 0 Å². The highest BCUT2D eigenvalue weighted by Gasteiger charge is 2.25. The van der Waals surface area contributed by atoms with Crippen LogP contribution in [0.5, 0.6) is 0 Å². The number of nitrogens with zero attached hydrogens (tertiary/aromatic N) is 4. The zero-order valence-electron chi connectivity index (χ0n) is 34.3. The second kappa shape index (κ2) is 13.6. The van der Waals surface area contributed by atoms with Gasteiger partial charge in [-0.3, -0.25) is 0 Å². The molecule has 0 aliphatic carbocycles. The van der Waals surface area contributed by atoms with E-state index in [1.807, 2.05) is 0 Å². The largest absolute Gasteiger partial charge is 0.308 e. The van der Waals surface area contributed by atoms with Gasteiger partial charge in [-0.25, -0.2) is 15.0 Å². The van der Waals surface area contributed by atoms with Gasteiger partial charge in [0, 0.05) is 42.1 Å². The van der Waals surface area contributed by atoms with E-state index in [-0.39, 0.29) is 0 Å². The molecular formula is C59H34N4S. The summed E-state index contributed by atoms with van der Waals surface area (Å²) in [6.45, 7) is 0. The molecule has 0 radical (unpaired) electrons. The first-order chi connectivity index (χ1) is 31.7. The molecule has 14 aromatic rings. The van der Waals surface area contributed by atoms with Crippen LogP contribution in [0.1, 0.15) is 0 Å². The third-order valence-electron chi connectivity index (χ3n) is 13.2. The lowest BCUT2D eigenvalue weighted by molar-refractivity contribution is 1.07. The molecule has 0 amide bonds. The predicted molar refractivity (Wildman–Crippen MR) is 271 cm³/mol. The molecule has 4 nitrogen and oxygen atoms in total.